The molecule has 0 spiro atoms. The molecule has 0 aliphatic carbocycles. The zero-order valence-electron chi connectivity index (χ0n) is 19.9. The van der Waals surface area contributed by atoms with Gasteiger partial charge in [0.1, 0.15) is 16.3 Å². The number of aryl methyl sites for hydroxylation is 2. The Morgan fingerprint density at radius 2 is 1.94 bits per heavy atom. The summed E-state index contributed by atoms with van der Waals surface area (Å²) in [6.45, 7) is 5.82. The number of hydrogen-bond acceptors (Lipinski definition) is 8. The van der Waals surface area contributed by atoms with Crippen LogP contribution in [0, 0.1) is 19.8 Å². The van der Waals surface area contributed by atoms with E-state index in [0.29, 0.717) is 32.5 Å². The predicted octanol–water partition coefficient (Wildman–Crippen LogP) is 2.29. The van der Waals surface area contributed by atoms with Gasteiger partial charge in [-0.25, -0.2) is 8.42 Å². The number of ether oxygens (including phenoxy) is 2. The van der Waals surface area contributed by atoms with Crippen molar-refractivity contribution >= 4 is 21.9 Å². The predicted molar refractivity (Wildman–Crippen MR) is 123 cm³/mol. The number of aromatic nitrogens is 1. The summed E-state index contributed by atoms with van der Waals surface area (Å²) in [6.07, 6.45) is 0.997. The smallest absolute Gasteiger partial charge is 0.310 e. The fraction of sp³-hybridized carbons (Fsp3) is 0.522. The van der Waals surface area contributed by atoms with Gasteiger partial charge in [-0.1, -0.05) is 17.3 Å². The van der Waals surface area contributed by atoms with Crippen molar-refractivity contribution in [2.75, 3.05) is 33.4 Å². The Bertz CT molecular complexity index is 1090. The van der Waals surface area contributed by atoms with Crippen LogP contribution in [0.5, 0.6) is 5.75 Å². The van der Waals surface area contributed by atoms with E-state index in [9.17, 15) is 18.0 Å². The number of amides is 1. The minimum atomic E-state index is -3.85. The molecule has 1 aliphatic heterocycles. The maximum Gasteiger partial charge on any atom is 0.310 e. The van der Waals surface area contributed by atoms with Gasteiger partial charge in [0.05, 0.1) is 12.5 Å². The van der Waals surface area contributed by atoms with Gasteiger partial charge >= 0.3 is 5.97 Å². The van der Waals surface area contributed by atoms with Crippen LogP contribution < -0.4 is 4.74 Å². The van der Waals surface area contributed by atoms with Gasteiger partial charge in [0.25, 0.3) is 5.91 Å². The van der Waals surface area contributed by atoms with Crippen LogP contribution in [0.25, 0.3) is 0 Å². The third-order valence-corrected chi connectivity index (χ3v) is 7.81. The van der Waals surface area contributed by atoms with Crippen LogP contribution >= 0.6 is 0 Å². The molecule has 2 aromatic rings. The average molecular weight is 494 g/mol. The number of carbonyl (C=O) groups is 2. The van der Waals surface area contributed by atoms with Gasteiger partial charge in [0.2, 0.25) is 10.0 Å². The summed E-state index contributed by atoms with van der Waals surface area (Å²) in [7, 11) is -2.22. The maximum absolute atomic E-state index is 13.0. The van der Waals surface area contributed by atoms with E-state index in [1.165, 1.54) is 16.1 Å². The Labute approximate surface area is 199 Å². The highest BCUT2D eigenvalue weighted by atomic mass is 32.2. The van der Waals surface area contributed by atoms with E-state index >= 15 is 0 Å². The van der Waals surface area contributed by atoms with Crippen molar-refractivity contribution in [2.24, 2.45) is 5.92 Å². The number of hydrogen-bond donors (Lipinski definition) is 0. The number of carbonyl (C=O) groups excluding carboxylic acids is 2. The summed E-state index contributed by atoms with van der Waals surface area (Å²) in [5.41, 5.74) is 1.20. The molecule has 0 N–H and O–H groups in total. The minimum Gasteiger partial charge on any atom is -0.494 e. The fourth-order valence-corrected chi connectivity index (χ4v) is 5.72. The molecule has 1 fully saturated rings. The molecule has 0 saturated carbocycles. The van der Waals surface area contributed by atoms with Gasteiger partial charge in [-0.15, -0.1) is 0 Å². The second-order valence-electron chi connectivity index (χ2n) is 8.29. The quantitative estimate of drug-likeness (QED) is 0.488. The Morgan fingerprint density at radius 1 is 1.24 bits per heavy atom. The third kappa shape index (κ3) is 5.95. The lowest BCUT2D eigenvalue weighted by Gasteiger charge is -2.30. The fourth-order valence-electron chi connectivity index (χ4n) is 3.91. The molecular formula is C23H31N3O7S. The molecule has 1 atom stereocenters. The van der Waals surface area contributed by atoms with Gasteiger partial charge < -0.3 is 18.9 Å². The van der Waals surface area contributed by atoms with Crippen molar-refractivity contribution in [1.29, 1.82) is 0 Å². The topological polar surface area (TPSA) is 119 Å². The first kappa shape index (κ1) is 25.7. The number of benzene rings is 1. The molecule has 10 nitrogen and oxygen atoms in total. The number of rotatable bonds is 9. The van der Waals surface area contributed by atoms with Crippen LogP contribution in [0.1, 0.15) is 36.8 Å². The van der Waals surface area contributed by atoms with Crippen molar-refractivity contribution in [2.45, 2.75) is 45.1 Å². The number of nitrogens with zero attached hydrogens (tertiary/aromatic N) is 3. The van der Waals surface area contributed by atoms with Crippen molar-refractivity contribution < 1.29 is 32.0 Å². The van der Waals surface area contributed by atoms with Gasteiger partial charge in [-0.05, 0) is 51.3 Å². The molecule has 1 aromatic carbocycles. The Hall–Kier alpha value is -2.92. The van der Waals surface area contributed by atoms with Gasteiger partial charge in [-0.2, -0.15) is 4.31 Å². The van der Waals surface area contributed by atoms with Crippen molar-refractivity contribution in [3.05, 3.63) is 41.3 Å². The summed E-state index contributed by atoms with van der Waals surface area (Å²) < 4.78 is 43.0. The molecule has 34 heavy (non-hydrogen) atoms. The SMILES string of the molecule is CCOc1ccc(CN(C)C(=O)COC(=O)C2CCCN(S(=O)(=O)c3c(C)noc3C)C2)cc1. The van der Waals surface area contributed by atoms with E-state index < -0.39 is 28.5 Å². The third-order valence-electron chi connectivity index (χ3n) is 5.70. The lowest BCUT2D eigenvalue weighted by molar-refractivity contribution is -0.156. The Balaban J connectivity index is 1.53. The lowest BCUT2D eigenvalue weighted by atomic mass is 10.00. The van der Waals surface area contributed by atoms with E-state index in [4.69, 9.17) is 14.0 Å². The highest BCUT2D eigenvalue weighted by Crippen LogP contribution is 2.28. The molecule has 1 aliphatic rings. The summed E-state index contributed by atoms with van der Waals surface area (Å²) in [5, 5.41) is 3.72. The molecule has 1 aromatic heterocycles. The summed E-state index contributed by atoms with van der Waals surface area (Å²) in [4.78, 5) is 26.6. The number of piperidine rings is 1. The number of likely N-dealkylation sites (N-methyl/N-ethyl adjacent to an activating group) is 1. The highest BCUT2D eigenvalue weighted by molar-refractivity contribution is 7.89. The van der Waals surface area contributed by atoms with Crippen molar-refractivity contribution in [1.82, 2.24) is 14.4 Å². The van der Waals surface area contributed by atoms with Gasteiger partial charge in [0.15, 0.2) is 12.4 Å². The zero-order chi connectivity index (χ0) is 24.9. The first-order chi connectivity index (χ1) is 16.1. The number of esters is 1. The van der Waals surface area contributed by atoms with E-state index in [1.807, 2.05) is 31.2 Å². The van der Waals surface area contributed by atoms with Crippen molar-refractivity contribution in [3.8, 4) is 5.75 Å². The van der Waals surface area contributed by atoms with E-state index in [0.717, 1.165) is 11.3 Å². The molecule has 1 amide bonds. The van der Waals surface area contributed by atoms with Crippen LogP contribution in [-0.4, -0.2) is 68.0 Å². The van der Waals surface area contributed by atoms with Crippen LogP contribution in [0.4, 0.5) is 0 Å². The normalized spacial score (nSPS) is 16.8. The van der Waals surface area contributed by atoms with E-state index in [-0.39, 0.29) is 28.8 Å². The summed E-state index contributed by atoms with van der Waals surface area (Å²) in [5.74, 6) is -0.608. The largest absolute Gasteiger partial charge is 0.494 e. The van der Waals surface area contributed by atoms with Crippen molar-refractivity contribution in [3.63, 3.8) is 0 Å². The summed E-state index contributed by atoms with van der Waals surface area (Å²) in [6, 6.07) is 7.42. The van der Waals surface area contributed by atoms with Crippen LogP contribution in [-0.2, 0) is 30.9 Å². The molecule has 3 rings (SSSR count). The van der Waals surface area contributed by atoms with Gasteiger partial charge in [0, 0.05) is 26.7 Å². The first-order valence-corrected chi connectivity index (χ1v) is 12.6. The summed E-state index contributed by atoms with van der Waals surface area (Å²) >= 11 is 0. The molecule has 1 saturated heterocycles. The Kier molecular flexibility index (Phi) is 8.32. The molecule has 186 valence electrons. The van der Waals surface area contributed by atoms with Crippen LogP contribution in [0.3, 0.4) is 0 Å². The highest BCUT2D eigenvalue weighted by Gasteiger charge is 2.37. The van der Waals surface area contributed by atoms with Crippen LogP contribution in [0.15, 0.2) is 33.7 Å². The first-order valence-electron chi connectivity index (χ1n) is 11.2. The van der Waals surface area contributed by atoms with Crippen LogP contribution in [0.2, 0.25) is 0 Å². The average Bonchev–Trinajstić information content (AvgIpc) is 3.17. The lowest BCUT2D eigenvalue weighted by Crippen LogP contribution is -2.43. The monoisotopic (exact) mass is 493 g/mol. The molecule has 2 heterocycles. The van der Waals surface area contributed by atoms with E-state index in [1.54, 1.807) is 14.0 Å². The second-order valence-corrected chi connectivity index (χ2v) is 10.2. The second kappa shape index (κ2) is 11.0. The molecular weight excluding hydrogens is 462 g/mol. The molecule has 0 bridgehead atoms. The van der Waals surface area contributed by atoms with Gasteiger partial charge in [-0.3, -0.25) is 9.59 Å². The molecule has 0 radical (unpaired) electrons. The zero-order valence-corrected chi connectivity index (χ0v) is 20.8. The maximum atomic E-state index is 13.0. The Morgan fingerprint density at radius 3 is 2.56 bits per heavy atom. The standard InChI is InChI=1S/C23H31N3O7S/c1-5-31-20-10-8-18(9-11-20)13-25(4)21(27)15-32-23(28)19-7-6-12-26(14-19)34(29,30)22-16(2)24-33-17(22)3/h8-11,19H,5-7,12-15H2,1-4H3. The molecule has 1 unspecified atom stereocenters. The van der Waals surface area contributed by atoms with E-state index in [2.05, 4.69) is 5.16 Å². The number of sulfonamides is 1. The molecule has 11 heteroatoms. The minimum absolute atomic E-state index is 0.0125.